The van der Waals surface area contributed by atoms with Crippen LogP contribution < -0.4 is 5.32 Å². The van der Waals surface area contributed by atoms with Gasteiger partial charge < -0.3 is 10.1 Å². The molecule has 1 fully saturated rings. The molecule has 1 heterocycles. The van der Waals surface area contributed by atoms with Gasteiger partial charge in [0, 0.05) is 19.6 Å². The minimum atomic E-state index is -3.45. The Morgan fingerprint density at radius 1 is 1.26 bits per heavy atom. The molecule has 0 radical (unpaired) electrons. The van der Waals surface area contributed by atoms with Crippen molar-refractivity contribution in [1.29, 1.82) is 0 Å². The van der Waals surface area contributed by atoms with Gasteiger partial charge >= 0.3 is 0 Å². The molecule has 1 saturated heterocycles. The zero-order valence-corrected chi connectivity index (χ0v) is 14.0. The average molecular weight is 338 g/mol. The van der Waals surface area contributed by atoms with Crippen molar-refractivity contribution in [1.82, 2.24) is 9.62 Å². The SMILES string of the molecule is C/C=C/C(=O)NCCc1ccc(S(=O)(=O)N2CCOCC2)cc1. The summed E-state index contributed by atoms with van der Waals surface area (Å²) < 4.78 is 31.6. The molecule has 0 saturated carbocycles. The van der Waals surface area contributed by atoms with E-state index >= 15 is 0 Å². The molecule has 2 rings (SSSR count). The van der Waals surface area contributed by atoms with Crippen LogP contribution >= 0.6 is 0 Å². The van der Waals surface area contributed by atoms with Gasteiger partial charge in [-0.15, -0.1) is 0 Å². The van der Waals surface area contributed by atoms with E-state index in [1.165, 1.54) is 10.4 Å². The van der Waals surface area contributed by atoms with Crippen LogP contribution in [0.2, 0.25) is 0 Å². The fourth-order valence-electron chi connectivity index (χ4n) is 2.30. The Hall–Kier alpha value is -1.70. The molecule has 0 aromatic heterocycles. The summed E-state index contributed by atoms with van der Waals surface area (Å²) in [7, 11) is -3.45. The first-order chi connectivity index (χ1) is 11.0. The standard InChI is InChI=1S/C16H22N2O4S/c1-2-3-16(19)17-9-8-14-4-6-15(7-5-14)23(20,21)18-10-12-22-13-11-18/h2-7H,8-13H2,1H3,(H,17,19)/b3-2+. The van der Waals surface area contributed by atoms with Crippen LogP contribution in [-0.2, 0) is 26.0 Å². The molecule has 23 heavy (non-hydrogen) atoms. The molecule has 126 valence electrons. The molecule has 7 heteroatoms. The summed E-state index contributed by atoms with van der Waals surface area (Å²) in [5.74, 6) is -0.126. The third-order valence-corrected chi connectivity index (χ3v) is 5.47. The number of nitrogens with one attached hydrogen (secondary N) is 1. The predicted octanol–water partition coefficient (Wildman–Crippen LogP) is 0.942. The number of allylic oxidation sites excluding steroid dienone is 1. The third-order valence-electron chi connectivity index (χ3n) is 3.56. The summed E-state index contributed by atoms with van der Waals surface area (Å²) in [5, 5.41) is 2.76. The number of ether oxygens (including phenoxy) is 1. The topological polar surface area (TPSA) is 75.7 Å². The second-order valence-corrected chi connectivity index (χ2v) is 7.14. The first kappa shape index (κ1) is 17.7. The molecule has 1 aromatic carbocycles. The monoisotopic (exact) mass is 338 g/mol. The maximum Gasteiger partial charge on any atom is 0.243 e. The molecule has 0 unspecified atom stereocenters. The second kappa shape index (κ2) is 8.24. The van der Waals surface area contributed by atoms with E-state index < -0.39 is 10.0 Å². The lowest BCUT2D eigenvalue weighted by Crippen LogP contribution is -2.40. The number of hydrogen-bond donors (Lipinski definition) is 1. The summed E-state index contributed by atoms with van der Waals surface area (Å²) in [6, 6.07) is 6.81. The van der Waals surface area contributed by atoms with Crippen LogP contribution in [0, 0.1) is 0 Å². The van der Waals surface area contributed by atoms with Crippen LogP contribution in [-0.4, -0.2) is 51.5 Å². The molecule has 0 aliphatic carbocycles. The predicted molar refractivity (Wildman–Crippen MR) is 87.5 cm³/mol. The van der Waals surface area contributed by atoms with Gasteiger partial charge in [0.25, 0.3) is 0 Å². The van der Waals surface area contributed by atoms with Crippen molar-refractivity contribution >= 4 is 15.9 Å². The lowest BCUT2D eigenvalue weighted by Gasteiger charge is -2.26. The number of rotatable bonds is 6. The smallest absolute Gasteiger partial charge is 0.243 e. The fraction of sp³-hybridized carbons (Fsp3) is 0.438. The zero-order valence-electron chi connectivity index (χ0n) is 13.2. The Bertz CT molecular complexity index is 647. The molecule has 0 bridgehead atoms. The van der Waals surface area contributed by atoms with Crippen molar-refractivity contribution in [2.45, 2.75) is 18.2 Å². The summed E-state index contributed by atoms with van der Waals surface area (Å²) in [6.45, 7) is 3.94. The van der Waals surface area contributed by atoms with Gasteiger partial charge in [0.1, 0.15) is 0 Å². The van der Waals surface area contributed by atoms with Crippen molar-refractivity contribution in [3.05, 3.63) is 42.0 Å². The number of sulfonamides is 1. The number of morpholine rings is 1. The number of benzene rings is 1. The lowest BCUT2D eigenvalue weighted by molar-refractivity contribution is -0.116. The molecular formula is C16H22N2O4S. The van der Waals surface area contributed by atoms with Gasteiger partial charge in [0.05, 0.1) is 18.1 Å². The molecule has 0 atom stereocenters. The lowest BCUT2D eigenvalue weighted by atomic mass is 10.1. The van der Waals surface area contributed by atoms with E-state index in [9.17, 15) is 13.2 Å². The molecule has 1 N–H and O–H groups in total. The highest BCUT2D eigenvalue weighted by Crippen LogP contribution is 2.17. The van der Waals surface area contributed by atoms with Crippen molar-refractivity contribution in [3.63, 3.8) is 0 Å². The average Bonchev–Trinajstić information content (AvgIpc) is 2.56. The molecule has 1 amide bonds. The van der Waals surface area contributed by atoms with E-state index in [0.717, 1.165) is 5.56 Å². The molecule has 1 aromatic rings. The van der Waals surface area contributed by atoms with E-state index in [-0.39, 0.29) is 5.91 Å². The van der Waals surface area contributed by atoms with E-state index in [4.69, 9.17) is 4.74 Å². The van der Waals surface area contributed by atoms with Crippen molar-refractivity contribution in [2.24, 2.45) is 0 Å². The number of amides is 1. The zero-order chi connectivity index (χ0) is 16.7. The molecule has 1 aliphatic rings. The Morgan fingerprint density at radius 2 is 1.91 bits per heavy atom. The van der Waals surface area contributed by atoms with E-state index in [0.29, 0.717) is 44.2 Å². The fourth-order valence-corrected chi connectivity index (χ4v) is 3.71. The number of carbonyl (C=O) groups is 1. The highest BCUT2D eigenvalue weighted by molar-refractivity contribution is 7.89. The normalized spacial score (nSPS) is 16.6. The number of carbonyl (C=O) groups excluding carboxylic acids is 1. The second-order valence-electron chi connectivity index (χ2n) is 5.20. The molecular weight excluding hydrogens is 316 g/mol. The van der Waals surface area contributed by atoms with Gasteiger partial charge in [-0.25, -0.2) is 8.42 Å². The van der Waals surface area contributed by atoms with E-state index in [1.54, 1.807) is 37.3 Å². The van der Waals surface area contributed by atoms with Gasteiger partial charge in [-0.1, -0.05) is 18.2 Å². The van der Waals surface area contributed by atoms with Crippen LogP contribution in [0.1, 0.15) is 12.5 Å². The maximum absolute atomic E-state index is 12.5. The Kier molecular flexibility index (Phi) is 6.32. The van der Waals surface area contributed by atoms with Crippen LogP contribution in [0.4, 0.5) is 0 Å². The molecule has 6 nitrogen and oxygen atoms in total. The quantitative estimate of drug-likeness (QED) is 0.784. The van der Waals surface area contributed by atoms with Gasteiger partial charge in [0.15, 0.2) is 0 Å². The van der Waals surface area contributed by atoms with Crippen molar-refractivity contribution in [2.75, 3.05) is 32.8 Å². The summed E-state index contributed by atoms with van der Waals surface area (Å²) >= 11 is 0. The summed E-state index contributed by atoms with van der Waals surface area (Å²) in [6.07, 6.45) is 3.81. The molecule has 0 spiro atoms. The van der Waals surface area contributed by atoms with Crippen molar-refractivity contribution < 1.29 is 17.9 Å². The molecule has 1 aliphatic heterocycles. The Labute approximate surface area is 137 Å². The number of hydrogen-bond acceptors (Lipinski definition) is 4. The van der Waals surface area contributed by atoms with E-state index in [2.05, 4.69) is 5.32 Å². The Morgan fingerprint density at radius 3 is 2.52 bits per heavy atom. The first-order valence-electron chi connectivity index (χ1n) is 7.61. The van der Waals surface area contributed by atoms with Gasteiger partial charge in [-0.2, -0.15) is 4.31 Å². The minimum absolute atomic E-state index is 0.126. The van der Waals surface area contributed by atoms with Crippen LogP contribution in [0.5, 0.6) is 0 Å². The highest BCUT2D eigenvalue weighted by Gasteiger charge is 2.25. The van der Waals surface area contributed by atoms with Gasteiger partial charge in [-0.3, -0.25) is 4.79 Å². The first-order valence-corrected chi connectivity index (χ1v) is 9.05. The summed E-state index contributed by atoms with van der Waals surface area (Å²) in [5.41, 5.74) is 0.978. The highest BCUT2D eigenvalue weighted by atomic mass is 32.2. The van der Waals surface area contributed by atoms with E-state index in [1.807, 2.05) is 0 Å². The van der Waals surface area contributed by atoms with Crippen LogP contribution in [0.15, 0.2) is 41.3 Å². The minimum Gasteiger partial charge on any atom is -0.379 e. The van der Waals surface area contributed by atoms with Gasteiger partial charge in [-0.05, 0) is 37.1 Å². The maximum atomic E-state index is 12.5. The van der Waals surface area contributed by atoms with Crippen LogP contribution in [0.25, 0.3) is 0 Å². The number of nitrogens with zero attached hydrogens (tertiary/aromatic N) is 1. The summed E-state index contributed by atoms with van der Waals surface area (Å²) in [4.78, 5) is 11.6. The Balaban J connectivity index is 1.94. The van der Waals surface area contributed by atoms with Crippen LogP contribution in [0.3, 0.4) is 0 Å². The largest absolute Gasteiger partial charge is 0.379 e. The van der Waals surface area contributed by atoms with Gasteiger partial charge in [0.2, 0.25) is 15.9 Å². The third kappa shape index (κ3) is 4.89. The van der Waals surface area contributed by atoms with Crippen molar-refractivity contribution in [3.8, 4) is 0 Å².